The van der Waals surface area contributed by atoms with Crippen LogP contribution in [0.25, 0.3) is 11.3 Å². The summed E-state index contributed by atoms with van der Waals surface area (Å²) in [5, 5.41) is 0. The Kier molecular flexibility index (Phi) is 4.34. The van der Waals surface area contributed by atoms with Crippen molar-refractivity contribution < 1.29 is 9.53 Å². The summed E-state index contributed by atoms with van der Waals surface area (Å²) in [6.07, 6.45) is 3.84. The van der Waals surface area contributed by atoms with E-state index in [1.807, 2.05) is 11.1 Å². The van der Waals surface area contributed by atoms with Crippen LogP contribution in [0.4, 0.5) is 0 Å². The van der Waals surface area contributed by atoms with Crippen molar-refractivity contribution in [2.75, 3.05) is 20.2 Å². The van der Waals surface area contributed by atoms with Crippen molar-refractivity contribution in [3.8, 4) is 11.3 Å². The van der Waals surface area contributed by atoms with Crippen molar-refractivity contribution in [1.29, 1.82) is 0 Å². The summed E-state index contributed by atoms with van der Waals surface area (Å²) in [7, 11) is 1.71. The van der Waals surface area contributed by atoms with Crippen molar-refractivity contribution >= 4 is 5.91 Å². The lowest BCUT2D eigenvalue weighted by Gasteiger charge is -2.20. The van der Waals surface area contributed by atoms with E-state index in [0.29, 0.717) is 18.4 Å². The molecular weight excluding hydrogens is 314 g/mol. The van der Waals surface area contributed by atoms with Gasteiger partial charge in [-0.1, -0.05) is 25.1 Å². The monoisotopic (exact) mass is 339 g/mol. The molecular formula is C20H25N3O2. The molecule has 2 aliphatic rings. The first-order chi connectivity index (χ1) is 12.2. The van der Waals surface area contributed by atoms with Crippen LogP contribution in [-0.4, -0.2) is 40.6 Å². The minimum absolute atomic E-state index is 0.260. The molecule has 5 heteroatoms. The van der Waals surface area contributed by atoms with Crippen LogP contribution >= 0.6 is 0 Å². The fourth-order valence-electron chi connectivity index (χ4n) is 3.77. The lowest BCUT2D eigenvalue weighted by atomic mass is 10.1. The lowest BCUT2D eigenvalue weighted by Crippen LogP contribution is -2.35. The van der Waals surface area contributed by atoms with Crippen LogP contribution in [0.2, 0.25) is 0 Å². The molecule has 5 nitrogen and oxygen atoms in total. The highest BCUT2D eigenvalue weighted by Gasteiger charge is 2.41. The number of imidazole rings is 1. The molecule has 0 radical (unpaired) electrons. The SMILES string of the molecule is COCc1cccc(-c2cnc3n2CCN(C(=O)[C@@H]2C[C@@H]2C)CC3)c1. The molecule has 0 unspecified atom stereocenters. The molecule has 2 aromatic rings. The number of methoxy groups -OCH3 is 1. The van der Waals surface area contributed by atoms with Crippen LogP contribution in [0.5, 0.6) is 0 Å². The first-order valence-electron chi connectivity index (χ1n) is 9.09. The molecule has 132 valence electrons. The third kappa shape index (κ3) is 3.21. The van der Waals surface area contributed by atoms with Gasteiger partial charge in [-0.25, -0.2) is 4.98 Å². The Morgan fingerprint density at radius 3 is 2.92 bits per heavy atom. The summed E-state index contributed by atoms with van der Waals surface area (Å²) in [6.45, 7) is 5.14. The van der Waals surface area contributed by atoms with Gasteiger partial charge in [-0.2, -0.15) is 0 Å². The van der Waals surface area contributed by atoms with Gasteiger partial charge in [0.2, 0.25) is 5.91 Å². The summed E-state index contributed by atoms with van der Waals surface area (Å²) in [5.41, 5.74) is 3.44. The van der Waals surface area contributed by atoms with Gasteiger partial charge in [0.05, 0.1) is 18.5 Å². The van der Waals surface area contributed by atoms with E-state index in [1.54, 1.807) is 7.11 Å². The fraction of sp³-hybridized carbons (Fsp3) is 0.500. The van der Waals surface area contributed by atoms with Gasteiger partial charge in [-0.05, 0) is 24.0 Å². The van der Waals surface area contributed by atoms with Crippen LogP contribution in [0.15, 0.2) is 30.5 Å². The molecule has 1 aliphatic carbocycles. The fourth-order valence-corrected chi connectivity index (χ4v) is 3.77. The van der Waals surface area contributed by atoms with E-state index >= 15 is 0 Å². The number of fused-ring (bicyclic) bond motifs is 1. The number of hydrogen-bond acceptors (Lipinski definition) is 3. The number of carbonyl (C=O) groups is 1. The van der Waals surface area contributed by atoms with Gasteiger partial charge in [0, 0.05) is 44.6 Å². The molecule has 1 aromatic carbocycles. The molecule has 1 amide bonds. The van der Waals surface area contributed by atoms with Crippen molar-refractivity contribution in [1.82, 2.24) is 14.5 Å². The van der Waals surface area contributed by atoms with Gasteiger partial charge in [0.1, 0.15) is 5.82 Å². The second-order valence-electron chi connectivity index (χ2n) is 7.24. The molecule has 0 spiro atoms. The van der Waals surface area contributed by atoms with E-state index < -0.39 is 0 Å². The standard InChI is InChI=1S/C20H25N3O2/c1-14-10-17(14)20(24)22-7-6-19-21-12-18(23(19)9-8-22)16-5-3-4-15(11-16)13-25-2/h3-5,11-12,14,17H,6-10,13H2,1-2H3/t14-,17+/m0/s1. The highest BCUT2D eigenvalue weighted by atomic mass is 16.5. The van der Waals surface area contributed by atoms with Gasteiger partial charge in [0.25, 0.3) is 0 Å². The lowest BCUT2D eigenvalue weighted by molar-refractivity contribution is -0.132. The minimum Gasteiger partial charge on any atom is -0.380 e. The quantitative estimate of drug-likeness (QED) is 0.860. The zero-order chi connectivity index (χ0) is 17.4. The van der Waals surface area contributed by atoms with E-state index in [9.17, 15) is 4.79 Å². The Morgan fingerprint density at radius 1 is 1.32 bits per heavy atom. The number of hydrogen-bond donors (Lipinski definition) is 0. The molecule has 2 atom stereocenters. The van der Waals surface area contributed by atoms with Crippen molar-refractivity contribution in [2.24, 2.45) is 11.8 Å². The van der Waals surface area contributed by atoms with Crippen LogP contribution < -0.4 is 0 Å². The molecule has 1 aliphatic heterocycles. The van der Waals surface area contributed by atoms with Crippen LogP contribution in [0, 0.1) is 11.8 Å². The highest BCUT2D eigenvalue weighted by molar-refractivity contribution is 5.81. The maximum Gasteiger partial charge on any atom is 0.226 e. The average Bonchev–Trinajstić information content (AvgIpc) is 3.27. The summed E-state index contributed by atoms with van der Waals surface area (Å²) < 4.78 is 7.52. The molecule has 1 aromatic heterocycles. The predicted octanol–water partition coefficient (Wildman–Crippen LogP) is 2.74. The van der Waals surface area contributed by atoms with Crippen LogP contribution in [0.3, 0.4) is 0 Å². The molecule has 0 N–H and O–H groups in total. The van der Waals surface area contributed by atoms with Crippen molar-refractivity contribution in [2.45, 2.75) is 32.9 Å². The number of aromatic nitrogens is 2. The molecule has 1 saturated carbocycles. The Hall–Kier alpha value is -2.14. The zero-order valence-corrected chi connectivity index (χ0v) is 14.9. The van der Waals surface area contributed by atoms with Crippen molar-refractivity contribution in [3.63, 3.8) is 0 Å². The van der Waals surface area contributed by atoms with Crippen LogP contribution in [-0.2, 0) is 29.1 Å². The van der Waals surface area contributed by atoms with Crippen molar-refractivity contribution in [3.05, 3.63) is 41.9 Å². The number of nitrogens with zero attached hydrogens (tertiary/aromatic N) is 3. The van der Waals surface area contributed by atoms with E-state index in [2.05, 4.69) is 40.7 Å². The number of carbonyl (C=O) groups excluding carboxylic acids is 1. The Balaban J connectivity index is 1.55. The average molecular weight is 339 g/mol. The smallest absolute Gasteiger partial charge is 0.226 e. The first-order valence-corrected chi connectivity index (χ1v) is 9.09. The Morgan fingerprint density at radius 2 is 2.16 bits per heavy atom. The number of amides is 1. The second kappa shape index (κ2) is 6.64. The largest absolute Gasteiger partial charge is 0.380 e. The third-order valence-corrected chi connectivity index (χ3v) is 5.41. The van der Waals surface area contributed by atoms with E-state index in [1.165, 1.54) is 0 Å². The normalized spacial score (nSPS) is 22.4. The van der Waals surface area contributed by atoms with Gasteiger partial charge < -0.3 is 14.2 Å². The van der Waals surface area contributed by atoms with Crippen LogP contribution in [0.1, 0.15) is 24.7 Å². The molecule has 4 rings (SSSR count). The van der Waals surface area contributed by atoms with Gasteiger partial charge >= 0.3 is 0 Å². The van der Waals surface area contributed by atoms with Gasteiger partial charge in [0.15, 0.2) is 0 Å². The Labute approximate surface area is 148 Å². The van der Waals surface area contributed by atoms with E-state index in [-0.39, 0.29) is 5.92 Å². The topological polar surface area (TPSA) is 47.4 Å². The van der Waals surface area contributed by atoms with Gasteiger partial charge in [-0.15, -0.1) is 0 Å². The molecule has 2 heterocycles. The predicted molar refractivity (Wildman–Crippen MR) is 95.9 cm³/mol. The summed E-state index contributed by atoms with van der Waals surface area (Å²) >= 11 is 0. The third-order valence-electron chi connectivity index (χ3n) is 5.41. The zero-order valence-electron chi connectivity index (χ0n) is 14.9. The minimum atomic E-state index is 0.260. The Bertz CT molecular complexity index is 783. The molecule has 0 saturated heterocycles. The summed E-state index contributed by atoms with van der Waals surface area (Å²) in [4.78, 5) is 19.2. The summed E-state index contributed by atoms with van der Waals surface area (Å²) in [5.74, 6) is 2.23. The van der Waals surface area contributed by atoms with E-state index in [0.717, 1.165) is 55.1 Å². The maximum absolute atomic E-state index is 12.6. The molecule has 1 fully saturated rings. The highest BCUT2D eigenvalue weighted by Crippen LogP contribution is 2.39. The number of rotatable bonds is 4. The summed E-state index contributed by atoms with van der Waals surface area (Å²) in [6, 6.07) is 8.41. The van der Waals surface area contributed by atoms with E-state index in [4.69, 9.17) is 4.74 Å². The first kappa shape index (κ1) is 16.3. The maximum atomic E-state index is 12.6. The molecule has 0 bridgehead atoms. The molecule has 25 heavy (non-hydrogen) atoms. The number of ether oxygens (including phenoxy) is 1. The van der Waals surface area contributed by atoms with Gasteiger partial charge in [-0.3, -0.25) is 4.79 Å². The second-order valence-corrected chi connectivity index (χ2v) is 7.24. The number of benzene rings is 1.